The van der Waals surface area contributed by atoms with Crippen LogP contribution in [0.15, 0.2) is 35.5 Å². The van der Waals surface area contributed by atoms with Crippen molar-refractivity contribution >= 4 is 0 Å². The number of hydrogen-bond acceptors (Lipinski definition) is 0. The van der Waals surface area contributed by atoms with Gasteiger partial charge in [0.1, 0.15) is 0 Å². The second kappa shape index (κ2) is 2.87. The molecule has 54 valence electrons. The van der Waals surface area contributed by atoms with Gasteiger partial charge in [-0.05, 0) is 18.4 Å². The van der Waals surface area contributed by atoms with Crippen LogP contribution in [0.4, 0.5) is 0 Å². The summed E-state index contributed by atoms with van der Waals surface area (Å²) in [6.45, 7) is 6.64. The van der Waals surface area contributed by atoms with Crippen LogP contribution in [0.5, 0.6) is 0 Å². The molecular formula is C10H14. The molecule has 0 unspecified atom stereocenters. The van der Waals surface area contributed by atoms with Gasteiger partial charge in [-0.15, -0.1) is 0 Å². The average molecular weight is 134 g/mol. The molecule has 1 rings (SSSR count). The lowest BCUT2D eigenvalue weighted by molar-refractivity contribution is 0.764. The van der Waals surface area contributed by atoms with Gasteiger partial charge in [0.05, 0.1) is 0 Å². The molecular weight excluding hydrogens is 120 g/mol. The standard InChI is InChI=1S/C10H14/c1-8(2)9(3)10-6-4-5-7-10/h4-8H,1-3H3. The largest absolute Gasteiger partial charge is 0.0635 e. The first kappa shape index (κ1) is 7.33. The van der Waals surface area contributed by atoms with Crippen LogP contribution in [-0.2, 0) is 0 Å². The van der Waals surface area contributed by atoms with Gasteiger partial charge in [-0.2, -0.15) is 0 Å². The molecule has 0 aromatic heterocycles. The third kappa shape index (κ3) is 1.38. The Bertz CT molecular complexity index is 188. The molecule has 0 heterocycles. The lowest BCUT2D eigenvalue weighted by atomic mass is 10.00. The molecule has 0 N–H and O–H groups in total. The van der Waals surface area contributed by atoms with Gasteiger partial charge < -0.3 is 0 Å². The van der Waals surface area contributed by atoms with Gasteiger partial charge in [-0.1, -0.05) is 43.7 Å². The maximum atomic E-state index is 2.22. The fourth-order valence-corrected chi connectivity index (χ4v) is 0.970. The quantitative estimate of drug-likeness (QED) is 0.517. The number of rotatable bonds is 1. The molecule has 0 atom stereocenters. The van der Waals surface area contributed by atoms with Gasteiger partial charge in [-0.25, -0.2) is 0 Å². The third-order valence-corrected chi connectivity index (χ3v) is 1.98. The van der Waals surface area contributed by atoms with E-state index in [9.17, 15) is 0 Å². The summed E-state index contributed by atoms with van der Waals surface area (Å²) in [7, 11) is 0. The van der Waals surface area contributed by atoms with Crippen molar-refractivity contribution in [3.63, 3.8) is 0 Å². The van der Waals surface area contributed by atoms with Crippen LogP contribution in [0.2, 0.25) is 0 Å². The molecule has 0 radical (unpaired) electrons. The molecule has 1 aliphatic rings. The molecule has 0 heteroatoms. The molecule has 0 saturated carbocycles. The lowest BCUT2D eigenvalue weighted by Crippen LogP contribution is -1.90. The highest BCUT2D eigenvalue weighted by molar-refractivity contribution is 5.43. The predicted molar refractivity (Wildman–Crippen MR) is 45.8 cm³/mol. The number of allylic oxidation sites excluding steroid dienone is 6. The first-order chi connectivity index (χ1) is 4.72. The van der Waals surface area contributed by atoms with Crippen molar-refractivity contribution < 1.29 is 0 Å². The second-order valence-corrected chi connectivity index (χ2v) is 3.01. The van der Waals surface area contributed by atoms with E-state index >= 15 is 0 Å². The van der Waals surface area contributed by atoms with Crippen molar-refractivity contribution in [2.45, 2.75) is 20.8 Å². The first-order valence-electron chi connectivity index (χ1n) is 3.77. The Morgan fingerprint density at radius 2 is 1.70 bits per heavy atom. The minimum atomic E-state index is 0.669. The van der Waals surface area contributed by atoms with E-state index in [2.05, 4.69) is 45.1 Å². The van der Waals surface area contributed by atoms with Crippen molar-refractivity contribution in [1.82, 2.24) is 0 Å². The molecule has 0 fully saturated rings. The third-order valence-electron chi connectivity index (χ3n) is 1.98. The molecule has 0 spiro atoms. The Labute approximate surface area is 62.9 Å². The zero-order chi connectivity index (χ0) is 7.56. The van der Waals surface area contributed by atoms with Crippen molar-refractivity contribution in [3.05, 3.63) is 35.5 Å². The van der Waals surface area contributed by atoms with Gasteiger partial charge in [-0.3, -0.25) is 0 Å². The second-order valence-electron chi connectivity index (χ2n) is 3.01. The van der Waals surface area contributed by atoms with Crippen LogP contribution in [0, 0.1) is 5.92 Å². The van der Waals surface area contributed by atoms with E-state index < -0.39 is 0 Å². The van der Waals surface area contributed by atoms with Crippen LogP contribution in [0.3, 0.4) is 0 Å². The van der Waals surface area contributed by atoms with Crippen molar-refractivity contribution in [3.8, 4) is 0 Å². The molecule has 10 heavy (non-hydrogen) atoms. The van der Waals surface area contributed by atoms with Crippen LogP contribution < -0.4 is 0 Å². The molecule has 0 saturated heterocycles. The normalized spacial score (nSPS) is 15.4. The highest BCUT2D eigenvalue weighted by Gasteiger charge is 2.01. The summed E-state index contributed by atoms with van der Waals surface area (Å²) in [5.74, 6) is 0.669. The van der Waals surface area contributed by atoms with Crippen molar-refractivity contribution in [1.29, 1.82) is 0 Å². The van der Waals surface area contributed by atoms with Crippen LogP contribution in [0.25, 0.3) is 0 Å². The number of hydrogen-bond donors (Lipinski definition) is 0. The molecule has 0 aromatic carbocycles. The van der Waals surface area contributed by atoms with Crippen LogP contribution in [-0.4, -0.2) is 0 Å². The molecule has 0 bridgehead atoms. The Kier molecular flexibility index (Phi) is 2.10. The Hall–Kier alpha value is -0.780. The highest BCUT2D eigenvalue weighted by atomic mass is 14.1. The van der Waals surface area contributed by atoms with E-state index in [0.717, 1.165) is 0 Å². The summed E-state index contributed by atoms with van der Waals surface area (Å²) in [5.41, 5.74) is 2.86. The summed E-state index contributed by atoms with van der Waals surface area (Å²) < 4.78 is 0. The molecule has 0 aliphatic heterocycles. The van der Waals surface area contributed by atoms with Gasteiger partial charge in [0.2, 0.25) is 0 Å². The van der Waals surface area contributed by atoms with E-state index in [-0.39, 0.29) is 0 Å². The zero-order valence-electron chi connectivity index (χ0n) is 6.89. The summed E-state index contributed by atoms with van der Waals surface area (Å²) in [6.07, 6.45) is 8.49. The Balaban J connectivity index is 2.85. The van der Waals surface area contributed by atoms with Crippen molar-refractivity contribution in [2.24, 2.45) is 5.92 Å². The molecule has 0 aromatic rings. The van der Waals surface area contributed by atoms with E-state index in [0.29, 0.717) is 5.92 Å². The monoisotopic (exact) mass is 134 g/mol. The lowest BCUT2D eigenvalue weighted by Gasteiger charge is -2.06. The molecule has 0 amide bonds. The van der Waals surface area contributed by atoms with E-state index in [1.54, 1.807) is 0 Å². The minimum Gasteiger partial charge on any atom is -0.0635 e. The van der Waals surface area contributed by atoms with E-state index in [1.165, 1.54) is 11.1 Å². The fraction of sp³-hybridized carbons (Fsp3) is 0.400. The first-order valence-corrected chi connectivity index (χ1v) is 3.77. The van der Waals surface area contributed by atoms with E-state index in [4.69, 9.17) is 0 Å². The van der Waals surface area contributed by atoms with Gasteiger partial charge >= 0.3 is 0 Å². The average Bonchev–Trinajstić information content (AvgIpc) is 2.36. The van der Waals surface area contributed by atoms with Crippen LogP contribution >= 0.6 is 0 Å². The SMILES string of the molecule is CC(=C1C=CC=C1)C(C)C. The summed E-state index contributed by atoms with van der Waals surface area (Å²) >= 11 is 0. The van der Waals surface area contributed by atoms with Crippen LogP contribution in [0.1, 0.15) is 20.8 Å². The van der Waals surface area contributed by atoms with Gasteiger partial charge in [0, 0.05) is 0 Å². The maximum Gasteiger partial charge on any atom is -0.0254 e. The topological polar surface area (TPSA) is 0 Å². The predicted octanol–water partition coefficient (Wildman–Crippen LogP) is 3.08. The van der Waals surface area contributed by atoms with Gasteiger partial charge in [0.15, 0.2) is 0 Å². The fourth-order valence-electron chi connectivity index (χ4n) is 0.970. The minimum absolute atomic E-state index is 0.669. The van der Waals surface area contributed by atoms with Crippen molar-refractivity contribution in [2.75, 3.05) is 0 Å². The Morgan fingerprint density at radius 1 is 1.20 bits per heavy atom. The summed E-state index contributed by atoms with van der Waals surface area (Å²) in [6, 6.07) is 0. The molecule has 1 aliphatic carbocycles. The highest BCUT2D eigenvalue weighted by Crippen LogP contribution is 2.18. The summed E-state index contributed by atoms with van der Waals surface area (Å²) in [4.78, 5) is 0. The maximum absolute atomic E-state index is 2.22. The summed E-state index contributed by atoms with van der Waals surface area (Å²) in [5, 5.41) is 0. The molecule has 0 nitrogen and oxygen atoms in total. The van der Waals surface area contributed by atoms with E-state index in [1.807, 2.05) is 0 Å². The Morgan fingerprint density at radius 3 is 2.10 bits per heavy atom. The zero-order valence-corrected chi connectivity index (χ0v) is 6.89. The van der Waals surface area contributed by atoms with Gasteiger partial charge in [0.25, 0.3) is 0 Å². The smallest absolute Gasteiger partial charge is 0.0254 e.